The van der Waals surface area contributed by atoms with Gasteiger partial charge < -0.3 is 19.1 Å². The molecule has 4 aliphatic rings. The fraction of sp³-hybridized carbons (Fsp3) is 0.434. The van der Waals surface area contributed by atoms with Crippen molar-refractivity contribution in [2.75, 3.05) is 26.7 Å². The Balaban J connectivity index is 1.07. The van der Waals surface area contributed by atoms with Gasteiger partial charge in [0, 0.05) is 55.5 Å². The molecule has 1 amide bonds. The van der Waals surface area contributed by atoms with Crippen LogP contribution in [0.15, 0.2) is 81.2 Å². The molecule has 368 valence electrons. The zero-order valence-electron chi connectivity index (χ0n) is 41.2. The standard InChI is InChI=1S/C53H57F2N11O5/c1-29-20-36(21-30(2)44(29)54)66-46(63-18-17-62(50(63)69)41-13-12-40-37(45(41)55)27-56-61(40)8)43-32(4)64(52(26-38(43)58-66)15-9-16-60(7)28-52)47(67)42-23-35-22-33(34-14-19-70-51(5,6)25-34)10-11-39(35)65(42)53(24-31(53)3)48-57-49(68)71-59-48/h10-13,17-18,20-23,27,31-32,34H,9,14-16,19,24-26,28H2,1-8H3,(H,57,59,68)/t31-,32-,34-,52?,53-/m0/s1. The van der Waals surface area contributed by atoms with Crippen molar-refractivity contribution in [3.05, 3.63) is 139 Å². The van der Waals surface area contributed by atoms with E-state index in [9.17, 15) is 4.79 Å². The van der Waals surface area contributed by atoms with Crippen molar-refractivity contribution in [1.29, 1.82) is 0 Å². The predicted molar refractivity (Wildman–Crippen MR) is 262 cm³/mol. The molecular formula is C53H57F2N11O5. The number of aryl methyl sites for hydroxylation is 3. The Hall–Kier alpha value is -6.92. The molecule has 3 aromatic carbocycles. The molecule has 1 spiro atoms. The number of rotatable bonds is 7. The van der Waals surface area contributed by atoms with E-state index in [0.29, 0.717) is 83.3 Å². The summed E-state index contributed by atoms with van der Waals surface area (Å²) < 4.78 is 51.1. The van der Waals surface area contributed by atoms with Crippen LogP contribution < -0.4 is 11.4 Å². The first-order chi connectivity index (χ1) is 33.9. The van der Waals surface area contributed by atoms with Crippen LogP contribution in [0.4, 0.5) is 8.78 Å². The Morgan fingerprint density at radius 3 is 2.38 bits per heavy atom. The Labute approximate surface area is 407 Å². The number of aromatic nitrogens is 9. The first kappa shape index (κ1) is 45.2. The maximum absolute atomic E-state index is 16.5. The molecule has 8 heterocycles. The van der Waals surface area contributed by atoms with Crippen molar-refractivity contribution >= 4 is 27.7 Å². The van der Waals surface area contributed by atoms with Gasteiger partial charge in [-0.2, -0.15) is 10.2 Å². The van der Waals surface area contributed by atoms with Crippen molar-refractivity contribution < 1.29 is 22.8 Å². The molecule has 1 N–H and O–H groups in total. The number of carbonyl (C=O) groups excluding carboxylic acids is 1. The lowest BCUT2D eigenvalue weighted by Gasteiger charge is -2.53. The number of carbonyl (C=O) groups is 1. The van der Waals surface area contributed by atoms with Crippen LogP contribution in [0, 0.1) is 31.4 Å². The summed E-state index contributed by atoms with van der Waals surface area (Å²) in [7, 11) is 3.80. The van der Waals surface area contributed by atoms with Gasteiger partial charge in [-0.25, -0.2) is 23.1 Å². The lowest BCUT2D eigenvalue weighted by Crippen LogP contribution is -2.63. The zero-order valence-corrected chi connectivity index (χ0v) is 41.2. The molecule has 8 aromatic rings. The highest BCUT2D eigenvalue weighted by atomic mass is 19.1. The fourth-order valence-electron chi connectivity index (χ4n) is 12.9. The molecule has 0 bridgehead atoms. The molecule has 12 rings (SSSR count). The first-order valence-corrected chi connectivity index (χ1v) is 24.6. The maximum atomic E-state index is 16.5. The SMILES string of the molecule is Cc1cc(-n2nc3c(c2-n2ccn(-c4ccc5c(cnn5C)c4F)c2=O)[C@H](C)N(C(=O)c2cc4cc([C@H]5CCOC(C)(C)C5)ccc4n2[C@@]2(c4noc(=O)[nH]4)C[C@@H]2C)C2(CCCN(C)C2)C3)cc(C)c1F. The van der Waals surface area contributed by atoms with E-state index in [1.165, 1.54) is 27.1 Å². The minimum absolute atomic E-state index is 0.0198. The molecule has 1 aliphatic carbocycles. The van der Waals surface area contributed by atoms with Crippen LogP contribution in [0.5, 0.6) is 0 Å². The molecule has 16 nitrogen and oxygen atoms in total. The van der Waals surface area contributed by atoms with E-state index in [0.717, 1.165) is 36.7 Å². The highest BCUT2D eigenvalue weighted by Crippen LogP contribution is 2.57. The number of imidazole rings is 1. The third kappa shape index (κ3) is 6.80. The van der Waals surface area contributed by atoms with Crippen molar-refractivity contribution in [2.45, 2.75) is 109 Å². The third-order valence-electron chi connectivity index (χ3n) is 16.3. The van der Waals surface area contributed by atoms with Crippen LogP contribution in [0.2, 0.25) is 0 Å². The number of halogens is 2. The molecule has 5 aromatic heterocycles. The second-order valence-electron chi connectivity index (χ2n) is 21.5. The number of likely N-dealkylation sites (tertiary alicyclic amines) is 1. The number of piperidine rings is 1. The number of ether oxygens (including phenoxy) is 1. The first-order valence-electron chi connectivity index (χ1n) is 24.6. The third-order valence-corrected chi connectivity index (χ3v) is 16.3. The second kappa shape index (κ2) is 15.8. The van der Waals surface area contributed by atoms with Crippen molar-refractivity contribution in [3.63, 3.8) is 0 Å². The van der Waals surface area contributed by atoms with Gasteiger partial charge in [-0.05, 0) is 151 Å². The minimum Gasteiger partial charge on any atom is -0.376 e. The molecule has 0 radical (unpaired) electrons. The van der Waals surface area contributed by atoms with Crippen LogP contribution in [-0.2, 0) is 23.7 Å². The van der Waals surface area contributed by atoms with E-state index in [1.807, 2.05) is 17.9 Å². The topological polar surface area (TPSA) is 159 Å². The van der Waals surface area contributed by atoms with Crippen molar-refractivity contribution in [1.82, 2.24) is 53.2 Å². The second-order valence-corrected chi connectivity index (χ2v) is 21.5. The van der Waals surface area contributed by atoms with Crippen LogP contribution >= 0.6 is 0 Å². The average molecular weight is 966 g/mol. The van der Waals surface area contributed by atoms with Crippen molar-refractivity contribution in [2.24, 2.45) is 13.0 Å². The normalized spacial score (nSPS) is 24.4. The predicted octanol–water partition coefficient (Wildman–Crippen LogP) is 7.91. The summed E-state index contributed by atoms with van der Waals surface area (Å²) in [6, 6.07) is 14.5. The molecule has 3 fully saturated rings. The number of hydrogen-bond acceptors (Lipinski definition) is 9. The number of amides is 1. The molecule has 71 heavy (non-hydrogen) atoms. The number of fused-ring (bicyclic) bond motifs is 3. The molecule has 1 unspecified atom stereocenters. The van der Waals surface area contributed by atoms with E-state index in [1.54, 1.807) is 60.7 Å². The number of nitrogens with zero attached hydrogens (tertiary/aromatic N) is 10. The summed E-state index contributed by atoms with van der Waals surface area (Å²) in [4.78, 5) is 51.3. The largest absolute Gasteiger partial charge is 0.438 e. The average Bonchev–Trinajstić information content (AvgIpc) is 3.95. The van der Waals surface area contributed by atoms with Gasteiger partial charge in [-0.15, -0.1) is 0 Å². The van der Waals surface area contributed by atoms with Crippen LogP contribution in [0.25, 0.3) is 39.0 Å². The lowest BCUT2D eigenvalue weighted by molar-refractivity contribution is -0.0592. The van der Waals surface area contributed by atoms with Crippen LogP contribution in [-0.4, -0.2) is 97.0 Å². The number of nitrogens with one attached hydrogen (secondary N) is 1. The van der Waals surface area contributed by atoms with Crippen LogP contribution in [0.1, 0.15) is 116 Å². The smallest absolute Gasteiger partial charge is 0.376 e. The number of benzene rings is 3. The summed E-state index contributed by atoms with van der Waals surface area (Å²) in [5, 5.41) is 15.0. The molecule has 2 saturated heterocycles. The number of hydrogen-bond donors (Lipinski definition) is 1. The Morgan fingerprint density at radius 1 is 0.930 bits per heavy atom. The van der Waals surface area contributed by atoms with Gasteiger partial charge in [0.2, 0.25) is 0 Å². The van der Waals surface area contributed by atoms with Gasteiger partial charge in [0.15, 0.2) is 11.6 Å². The Kier molecular flexibility index (Phi) is 10.1. The van der Waals surface area contributed by atoms with E-state index < -0.39 is 34.4 Å². The number of likely N-dealkylation sites (N-methyl/N-ethyl adjacent to an activating group) is 1. The maximum Gasteiger partial charge on any atom is 0.438 e. The van der Waals surface area contributed by atoms with Crippen LogP contribution in [0.3, 0.4) is 0 Å². The van der Waals surface area contributed by atoms with Gasteiger partial charge in [0.25, 0.3) is 5.91 Å². The molecule has 1 saturated carbocycles. The van der Waals surface area contributed by atoms with Gasteiger partial charge in [0.1, 0.15) is 22.9 Å². The molecule has 5 atom stereocenters. The molecule has 3 aliphatic heterocycles. The minimum atomic E-state index is -0.888. The Morgan fingerprint density at radius 2 is 1.68 bits per heavy atom. The summed E-state index contributed by atoms with van der Waals surface area (Å²) in [5.74, 6) is -0.889. The fourth-order valence-corrected chi connectivity index (χ4v) is 12.9. The molecule has 18 heteroatoms. The van der Waals surface area contributed by atoms with Gasteiger partial charge in [-0.3, -0.25) is 28.1 Å². The van der Waals surface area contributed by atoms with Gasteiger partial charge in [0.05, 0.1) is 51.4 Å². The summed E-state index contributed by atoms with van der Waals surface area (Å²) in [6.07, 6.45) is 8.74. The summed E-state index contributed by atoms with van der Waals surface area (Å²) in [5.41, 5.74) is 3.24. The van der Waals surface area contributed by atoms with Gasteiger partial charge in [-0.1, -0.05) is 18.1 Å². The summed E-state index contributed by atoms with van der Waals surface area (Å²) >= 11 is 0. The highest BCUT2D eigenvalue weighted by Gasteiger charge is 2.60. The number of H-pyrrole nitrogens is 1. The number of aromatic amines is 1. The van der Waals surface area contributed by atoms with E-state index in [2.05, 4.69) is 70.7 Å². The van der Waals surface area contributed by atoms with Gasteiger partial charge >= 0.3 is 11.4 Å². The monoisotopic (exact) mass is 965 g/mol. The lowest BCUT2D eigenvalue weighted by atomic mass is 9.76. The van der Waals surface area contributed by atoms with E-state index in [4.69, 9.17) is 14.4 Å². The zero-order chi connectivity index (χ0) is 49.6. The quantitative estimate of drug-likeness (QED) is 0.168. The highest BCUT2D eigenvalue weighted by molar-refractivity contribution is 6.00. The summed E-state index contributed by atoms with van der Waals surface area (Å²) in [6.45, 7) is 13.8. The Bertz CT molecular complexity index is 3600. The molecular weight excluding hydrogens is 909 g/mol. The van der Waals surface area contributed by atoms with E-state index in [-0.39, 0.29) is 40.2 Å². The van der Waals surface area contributed by atoms with Crippen molar-refractivity contribution in [3.8, 4) is 17.2 Å². The van der Waals surface area contributed by atoms with E-state index >= 15 is 18.4 Å².